The van der Waals surface area contributed by atoms with Crippen molar-refractivity contribution in [2.75, 3.05) is 18.0 Å². The van der Waals surface area contributed by atoms with Crippen LogP contribution in [0, 0.1) is 12.7 Å². The third-order valence-electron chi connectivity index (χ3n) is 4.64. The summed E-state index contributed by atoms with van der Waals surface area (Å²) in [6.45, 7) is 2.71. The first kappa shape index (κ1) is 20.3. The maximum Gasteiger partial charge on any atom is 0.258 e. The standard InChI is InChI=1S/C24H23FN2O2/c1-18-8-5-6-11-22(18)23(28)26-16-7-17-27(21-14-12-20(25)13-15-21)24(29)19-9-3-2-4-10-19/h2-6,8-15H,7,16-17H2,1H3,(H,26,28). The van der Waals surface area contributed by atoms with Crippen molar-refractivity contribution >= 4 is 17.5 Å². The highest BCUT2D eigenvalue weighted by Crippen LogP contribution is 2.18. The van der Waals surface area contributed by atoms with E-state index in [1.165, 1.54) is 12.1 Å². The van der Waals surface area contributed by atoms with Crippen molar-refractivity contribution in [3.8, 4) is 0 Å². The summed E-state index contributed by atoms with van der Waals surface area (Å²) in [5, 5.41) is 2.90. The predicted molar refractivity (Wildman–Crippen MR) is 113 cm³/mol. The molecule has 0 heterocycles. The van der Waals surface area contributed by atoms with Crippen LogP contribution in [-0.4, -0.2) is 24.9 Å². The van der Waals surface area contributed by atoms with E-state index in [2.05, 4.69) is 5.32 Å². The average Bonchev–Trinajstić information content (AvgIpc) is 2.75. The average molecular weight is 390 g/mol. The molecule has 1 N–H and O–H groups in total. The number of nitrogens with one attached hydrogen (secondary N) is 1. The molecule has 2 amide bonds. The summed E-state index contributed by atoms with van der Waals surface area (Å²) in [5.41, 5.74) is 2.73. The Labute approximate surface area is 170 Å². The summed E-state index contributed by atoms with van der Waals surface area (Å²) in [4.78, 5) is 26.9. The van der Waals surface area contributed by atoms with Gasteiger partial charge in [-0.3, -0.25) is 9.59 Å². The molecule has 0 aliphatic carbocycles. The molecule has 0 fully saturated rings. The van der Waals surface area contributed by atoms with Crippen molar-refractivity contribution in [3.05, 3.63) is 101 Å². The van der Waals surface area contributed by atoms with E-state index in [1.807, 2.05) is 31.2 Å². The van der Waals surface area contributed by atoms with E-state index in [0.29, 0.717) is 36.3 Å². The van der Waals surface area contributed by atoms with Crippen molar-refractivity contribution in [2.24, 2.45) is 0 Å². The molecule has 4 nitrogen and oxygen atoms in total. The fourth-order valence-electron chi connectivity index (χ4n) is 3.07. The van der Waals surface area contributed by atoms with Crippen molar-refractivity contribution in [1.82, 2.24) is 5.32 Å². The lowest BCUT2D eigenvalue weighted by Crippen LogP contribution is -2.34. The maximum atomic E-state index is 13.3. The predicted octanol–water partition coefficient (Wildman–Crippen LogP) is 4.60. The number of nitrogens with zero attached hydrogens (tertiary/aromatic N) is 1. The topological polar surface area (TPSA) is 49.4 Å². The van der Waals surface area contributed by atoms with Crippen LogP contribution in [0.4, 0.5) is 10.1 Å². The molecule has 0 spiro atoms. The Kier molecular flexibility index (Phi) is 6.74. The Morgan fingerprint density at radius 3 is 2.24 bits per heavy atom. The first-order valence-electron chi connectivity index (χ1n) is 9.52. The quantitative estimate of drug-likeness (QED) is 0.600. The van der Waals surface area contributed by atoms with Crippen LogP contribution in [0.5, 0.6) is 0 Å². The lowest BCUT2D eigenvalue weighted by atomic mass is 10.1. The first-order chi connectivity index (χ1) is 14.1. The Morgan fingerprint density at radius 1 is 0.897 bits per heavy atom. The summed E-state index contributed by atoms with van der Waals surface area (Å²) in [6.07, 6.45) is 0.563. The molecule has 29 heavy (non-hydrogen) atoms. The molecule has 5 heteroatoms. The number of anilines is 1. The minimum Gasteiger partial charge on any atom is -0.352 e. The van der Waals surface area contributed by atoms with E-state index in [1.54, 1.807) is 47.4 Å². The van der Waals surface area contributed by atoms with E-state index in [0.717, 1.165) is 5.56 Å². The number of benzene rings is 3. The van der Waals surface area contributed by atoms with Gasteiger partial charge >= 0.3 is 0 Å². The van der Waals surface area contributed by atoms with Gasteiger partial charge < -0.3 is 10.2 Å². The van der Waals surface area contributed by atoms with Crippen molar-refractivity contribution in [1.29, 1.82) is 0 Å². The fraction of sp³-hybridized carbons (Fsp3) is 0.167. The molecule has 0 radical (unpaired) electrons. The number of hydrogen-bond donors (Lipinski definition) is 1. The van der Waals surface area contributed by atoms with E-state index in [-0.39, 0.29) is 17.6 Å². The van der Waals surface area contributed by atoms with Gasteiger partial charge in [-0.15, -0.1) is 0 Å². The molecule has 0 saturated carbocycles. The lowest BCUT2D eigenvalue weighted by Gasteiger charge is -2.23. The second-order valence-corrected chi connectivity index (χ2v) is 6.72. The zero-order valence-electron chi connectivity index (χ0n) is 16.3. The number of carbonyl (C=O) groups excluding carboxylic acids is 2. The third-order valence-corrected chi connectivity index (χ3v) is 4.64. The number of hydrogen-bond acceptors (Lipinski definition) is 2. The van der Waals surface area contributed by atoms with Gasteiger partial charge in [0.2, 0.25) is 0 Å². The van der Waals surface area contributed by atoms with Gasteiger partial charge in [-0.2, -0.15) is 0 Å². The van der Waals surface area contributed by atoms with E-state index in [9.17, 15) is 14.0 Å². The van der Waals surface area contributed by atoms with Gasteiger partial charge in [-0.1, -0.05) is 36.4 Å². The second-order valence-electron chi connectivity index (χ2n) is 6.72. The minimum absolute atomic E-state index is 0.134. The van der Waals surface area contributed by atoms with Gasteiger partial charge in [0.15, 0.2) is 0 Å². The monoisotopic (exact) mass is 390 g/mol. The molecular formula is C24H23FN2O2. The molecule has 0 aromatic heterocycles. The second kappa shape index (κ2) is 9.64. The normalized spacial score (nSPS) is 10.4. The number of rotatable bonds is 7. The summed E-state index contributed by atoms with van der Waals surface area (Å²) < 4.78 is 13.3. The van der Waals surface area contributed by atoms with E-state index in [4.69, 9.17) is 0 Å². The van der Waals surface area contributed by atoms with Gasteiger partial charge in [0.1, 0.15) is 5.82 Å². The van der Waals surface area contributed by atoms with Crippen LogP contribution in [-0.2, 0) is 0 Å². The number of halogens is 1. The lowest BCUT2D eigenvalue weighted by molar-refractivity contribution is 0.0953. The highest BCUT2D eigenvalue weighted by atomic mass is 19.1. The molecule has 0 aliphatic heterocycles. The number of amides is 2. The van der Waals surface area contributed by atoms with Crippen LogP contribution in [0.15, 0.2) is 78.9 Å². The van der Waals surface area contributed by atoms with Gasteiger partial charge in [-0.05, 0) is 61.4 Å². The van der Waals surface area contributed by atoms with Crippen LogP contribution in [0.1, 0.15) is 32.7 Å². The summed E-state index contributed by atoms with van der Waals surface area (Å²) >= 11 is 0. The zero-order chi connectivity index (χ0) is 20.6. The SMILES string of the molecule is Cc1ccccc1C(=O)NCCCN(C(=O)c1ccccc1)c1ccc(F)cc1. The number of aryl methyl sites for hydroxylation is 1. The molecule has 3 rings (SSSR count). The third kappa shape index (κ3) is 5.29. The van der Waals surface area contributed by atoms with E-state index >= 15 is 0 Å². The fourth-order valence-corrected chi connectivity index (χ4v) is 3.07. The van der Waals surface area contributed by atoms with Crippen LogP contribution < -0.4 is 10.2 Å². The highest BCUT2D eigenvalue weighted by molar-refractivity contribution is 6.06. The molecule has 0 bridgehead atoms. The molecule has 3 aromatic rings. The van der Waals surface area contributed by atoms with Crippen molar-refractivity contribution < 1.29 is 14.0 Å². The van der Waals surface area contributed by atoms with Gasteiger partial charge in [0.25, 0.3) is 11.8 Å². The van der Waals surface area contributed by atoms with Crippen LogP contribution in [0.25, 0.3) is 0 Å². The Balaban J connectivity index is 1.66. The van der Waals surface area contributed by atoms with Gasteiger partial charge in [0, 0.05) is 29.9 Å². The molecular weight excluding hydrogens is 367 g/mol. The smallest absolute Gasteiger partial charge is 0.258 e. The van der Waals surface area contributed by atoms with E-state index < -0.39 is 0 Å². The first-order valence-corrected chi connectivity index (χ1v) is 9.52. The van der Waals surface area contributed by atoms with Gasteiger partial charge in [-0.25, -0.2) is 4.39 Å². The Morgan fingerprint density at radius 2 is 1.55 bits per heavy atom. The van der Waals surface area contributed by atoms with Crippen LogP contribution >= 0.6 is 0 Å². The molecule has 0 aliphatic rings. The van der Waals surface area contributed by atoms with Crippen molar-refractivity contribution in [2.45, 2.75) is 13.3 Å². The molecule has 0 unspecified atom stereocenters. The minimum atomic E-state index is -0.355. The van der Waals surface area contributed by atoms with Crippen LogP contribution in [0.3, 0.4) is 0 Å². The highest BCUT2D eigenvalue weighted by Gasteiger charge is 2.17. The summed E-state index contributed by atoms with van der Waals surface area (Å²) in [6, 6.07) is 22.2. The maximum absolute atomic E-state index is 13.3. The molecule has 0 saturated heterocycles. The van der Waals surface area contributed by atoms with Crippen LogP contribution in [0.2, 0.25) is 0 Å². The number of carbonyl (C=O) groups is 2. The summed E-state index contributed by atoms with van der Waals surface area (Å²) in [5.74, 6) is -0.653. The Hall–Kier alpha value is -3.47. The Bertz CT molecular complexity index is 972. The molecule has 0 atom stereocenters. The van der Waals surface area contributed by atoms with Crippen molar-refractivity contribution in [3.63, 3.8) is 0 Å². The largest absolute Gasteiger partial charge is 0.352 e. The summed E-state index contributed by atoms with van der Waals surface area (Å²) in [7, 11) is 0. The molecule has 148 valence electrons. The van der Waals surface area contributed by atoms with Gasteiger partial charge in [0.05, 0.1) is 0 Å². The zero-order valence-corrected chi connectivity index (χ0v) is 16.3. The molecule has 3 aromatic carbocycles.